The molecule has 0 spiro atoms. The summed E-state index contributed by atoms with van der Waals surface area (Å²) in [5.41, 5.74) is 4.64. The van der Waals surface area contributed by atoms with Crippen LogP contribution in [0, 0.1) is 12.8 Å². The maximum Gasteiger partial charge on any atom is 0.267 e. The average Bonchev–Trinajstić information content (AvgIpc) is 3.29. The van der Waals surface area contributed by atoms with E-state index in [1.807, 2.05) is 0 Å². The highest BCUT2D eigenvalue weighted by Gasteiger charge is 2.24. The standard InChI is InChI=1S/C23H28N2OS/c1-15-11-19-21(27-15)12-20(22(26)24-13-16-5-6-16)25(19)14-17-7-9-18(10-8-17)23(2,3)4/h7-12,16H,5-6,13-14H2,1-4H3,(H,24,26). The minimum Gasteiger partial charge on any atom is -0.350 e. The molecule has 1 N–H and O–H groups in total. The van der Waals surface area contributed by atoms with Gasteiger partial charge in [0.15, 0.2) is 0 Å². The predicted octanol–water partition coefficient (Wildman–Crippen LogP) is 5.50. The van der Waals surface area contributed by atoms with Crippen LogP contribution in [0.3, 0.4) is 0 Å². The van der Waals surface area contributed by atoms with E-state index in [0.29, 0.717) is 5.92 Å². The molecule has 1 saturated carbocycles. The highest BCUT2D eigenvalue weighted by Crippen LogP contribution is 2.31. The molecule has 2 aromatic heterocycles. The van der Waals surface area contributed by atoms with Crippen molar-refractivity contribution in [1.82, 2.24) is 9.88 Å². The summed E-state index contributed by atoms with van der Waals surface area (Å²) in [6.07, 6.45) is 2.49. The largest absolute Gasteiger partial charge is 0.350 e. The third kappa shape index (κ3) is 3.96. The van der Waals surface area contributed by atoms with Gasteiger partial charge in [-0.05, 0) is 54.4 Å². The molecule has 142 valence electrons. The normalized spacial score (nSPS) is 14.7. The van der Waals surface area contributed by atoms with Crippen molar-refractivity contribution in [3.8, 4) is 0 Å². The van der Waals surface area contributed by atoms with Crippen LogP contribution >= 0.6 is 11.3 Å². The number of nitrogens with one attached hydrogen (secondary N) is 1. The van der Waals surface area contributed by atoms with Crippen LogP contribution in [0.25, 0.3) is 10.2 Å². The summed E-state index contributed by atoms with van der Waals surface area (Å²) in [6, 6.07) is 13.1. The second-order valence-corrected chi connectivity index (χ2v) is 10.1. The number of benzene rings is 1. The number of aromatic nitrogens is 1. The zero-order chi connectivity index (χ0) is 19.2. The molecule has 1 amide bonds. The van der Waals surface area contributed by atoms with Crippen LogP contribution in [0.1, 0.15) is 60.1 Å². The van der Waals surface area contributed by atoms with Gasteiger partial charge in [-0.2, -0.15) is 0 Å². The zero-order valence-corrected chi connectivity index (χ0v) is 17.5. The second-order valence-electron chi connectivity index (χ2n) is 8.82. The molecule has 0 saturated heterocycles. The molecule has 2 heterocycles. The van der Waals surface area contributed by atoms with E-state index in [-0.39, 0.29) is 11.3 Å². The van der Waals surface area contributed by atoms with Gasteiger partial charge < -0.3 is 9.88 Å². The van der Waals surface area contributed by atoms with E-state index in [2.05, 4.69) is 74.0 Å². The minimum absolute atomic E-state index is 0.0502. The Bertz CT molecular complexity index is 968. The first kappa shape index (κ1) is 18.3. The molecular weight excluding hydrogens is 352 g/mol. The summed E-state index contributed by atoms with van der Waals surface area (Å²) in [7, 11) is 0. The number of rotatable bonds is 5. The number of nitrogens with zero attached hydrogens (tertiary/aromatic N) is 1. The lowest BCUT2D eigenvalue weighted by Crippen LogP contribution is -2.27. The van der Waals surface area contributed by atoms with E-state index < -0.39 is 0 Å². The van der Waals surface area contributed by atoms with Crippen LogP contribution < -0.4 is 5.32 Å². The molecule has 0 atom stereocenters. The van der Waals surface area contributed by atoms with Crippen molar-refractivity contribution in [1.29, 1.82) is 0 Å². The molecule has 3 nitrogen and oxygen atoms in total. The van der Waals surface area contributed by atoms with E-state index in [9.17, 15) is 4.79 Å². The first-order valence-electron chi connectivity index (χ1n) is 9.78. The Labute approximate surface area is 165 Å². The molecular formula is C23H28N2OS. The van der Waals surface area contributed by atoms with Gasteiger partial charge in [0.05, 0.1) is 10.2 Å². The Morgan fingerprint density at radius 3 is 2.52 bits per heavy atom. The number of thiophene rings is 1. The van der Waals surface area contributed by atoms with Gasteiger partial charge in [0.1, 0.15) is 5.69 Å². The van der Waals surface area contributed by atoms with Gasteiger partial charge in [0.2, 0.25) is 0 Å². The Hall–Kier alpha value is -2.07. The molecule has 3 aromatic rings. The Morgan fingerprint density at radius 2 is 1.89 bits per heavy atom. The third-order valence-electron chi connectivity index (χ3n) is 5.35. The van der Waals surface area contributed by atoms with E-state index in [4.69, 9.17) is 0 Å². The first-order chi connectivity index (χ1) is 12.8. The lowest BCUT2D eigenvalue weighted by molar-refractivity contribution is 0.0943. The first-order valence-corrected chi connectivity index (χ1v) is 10.6. The number of amides is 1. The van der Waals surface area contributed by atoms with Gasteiger partial charge in [0, 0.05) is 18.0 Å². The van der Waals surface area contributed by atoms with Crippen LogP contribution in [0.5, 0.6) is 0 Å². The van der Waals surface area contributed by atoms with Gasteiger partial charge in [-0.15, -0.1) is 11.3 Å². The summed E-state index contributed by atoms with van der Waals surface area (Å²) >= 11 is 1.76. The quantitative estimate of drug-likeness (QED) is 0.623. The molecule has 0 radical (unpaired) electrons. The Balaban J connectivity index is 1.64. The summed E-state index contributed by atoms with van der Waals surface area (Å²) in [5, 5.41) is 3.13. The summed E-state index contributed by atoms with van der Waals surface area (Å²) in [6.45, 7) is 10.3. The van der Waals surface area contributed by atoms with Crippen LogP contribution in [0.2, 0.25) is 0 Å². The van der Waals surface area contributed by atoms with Crippen LogP contribution in [-0.2, 0) is 12.0 Å². The molecule has 0 unspecified atom stereocenters. The van der Waals surface area contributed by atoms with E-state index >= 15 is 0 Å². The minimum atomic E-state index is 0.0502. The second kappa shape index (κ2) is 6.83. The Morgan fingerprint density at radius 1 is 1.19 bits per heavy atom. The summed E-state index contributed by atoms with van der Waals surface area (Å²) in [5.74, 6) is 0.736. The topological polar surface area (TPSA) is 34.0 Å². The number of carbonyl (C=O) groups is 1. The smallest absolute Gasteiger partial charge is 0.267 e. The zero-order valence-electron chi connectivity index (χ0n) is 16.6. The Kier molecular flexibility index (Phi) is 4.63. The van der Waals surface area contributed by atoms with Crippen LogP contribution in [0.4, 0.5) is 0 Å². The van der Waals surface area contributed by atoms with Gasteiger partial charge in [0.25, 0.3) is 5.91 Å². The van der Waals surface area contributed by atoms with E-state index in [0.717, 1.165) is 24.3 Å². The number of hydrogen-bond donors (Lipinski definition) is 1. The van der Waals surface area contributed by atoms with Crippen LogP contribution in [-0.4, -0.2) is 17.0 Å². The molecule has 4 rings (SSSR count). The summed E-state index contributed by atoms with van der Waals surface area (Å²) in [4.78, 5) is 14.1. The molecule has 0 aliphatic heterocycles. The van der Waals surface area contributed by atoms with E-state index in [1.165, 1.54) is 33.5 Å². The molecule has 27 heavy (non-hydrogen) atoms. The van der Waals surface area contributed by atoms with Crippen molar-refractivity contribution in [3.05, 3.63) is 58.1 Å². The molecule has 4 heteroatoms. The maximum atomic E-state index is 12.8. The maximum absolute atomic E-state index is 12.8. The van der Waals surface area contributed by atoms with Gasteiger partial charge in [-0.25, -0.2) is 0 Å². The number of aryl methyl sites for hydroxylation is 1. The molecule has 1 aromatic carbocycles. The fourth-order valence-corrected chi connectivity index (χ4v) is 4.43. The van der Waals surface area contributed by atoms with Crippen molar-refractivity contribution in [2.45, 2.75) is 52.5 Å². The monoisotopic (exact) mass is 380 g/mol. The predicted molar refractivity (Wildman–Crippen MR) is 114 cm³/mol. The fourth-order valence-electron chi connectivity index (χ4n) is 3.47. The number of hydrogen-bond acceptors (Lipinski definition) is 2. The highest BCUT2D eigenvalue weighted by molar-refractivity contribution is 7.19. The third-order valence-corrected chi connectivity index (χ3v) is 6.34. The molecule has 1 aliphatic carbocycles. The van der Waals surface area contributed by atoms with Gasteiger partial charge in [-0.3, -0.25) is 4.79 Å². The van der Waals surface area contributed by atoms with Gasteiger partial charge >= 0.3 is 0 Å². The van der Waals surface area contributed by atoms with Crippen molar-refractivity contribution in [2.24, 2.45) is 5.92 Å². The van der Waals surface area contributed by atoms with Crippen molar-refractivity contribution in [2.75, 3.05) is 6.54 Å². The van der Waals surface area contributed by atoms with Crippen molar-refractivity contribution < 1.29 is 4.79 Å². The van der Waals surface area contributed by atoms with Crippen molar-refractivity contribution in [3.63, 3.8) is 0 Å². The lowest BCUT2D eigenvalue weighted by Gasteiger charge is -2.19. The molecule has 1 aliphatic rings. The fraction of sp³-hybridized carbons (Fsp3) is 0.435. The highest BCUT2D eigenvalue weighted by atomic mass is 32.1. The van der Waals surface area contributed by atoms with Crippen LogP contribution in [0.15, 0.2) is 36.4 Å². The summed E-state index contributed by atoms with van der Waals surface area (Å²) < 4.78 is 3.36. The molecule has 1 fully saturated rings. The molecule has 0 bridgehead atoms. The van der Waals surface area contributed by atoms with Crippen molar-refractivity contribution >= 4 is 27.5 Å². The number of fused-ring (bicyclic) bond motifs is 1. The van der Waals surface area contributed by atoms with Gasteiger partial charge in [-0.1, -0.05) is 45.0 Å². The van der Waals surface area contributed by atoms with E-state index in [1.54, 1.807) is 11.3 Å². The number of carbonyl (C=O) groups excluding carboxylic acids is 1. The lowest BCUT2D eigenvalue weighted by atomic mass is 9.87. The average molecular weight is 381 g/mol. The SMILES string of the molecule is Cc1cc2c(cc(C(=O)NCC3CC3)n2Cc2ccc(C(C)(C)C)cc2)s1.